The van der Waals surface area contributed by atoms with Crippen molar-refractivity contribution in [1.29, 1.82) is 5.26 Å². The third-order valence-corrected chi connectivity index (χ3v) is 8.55. The fourth-order valence-electron chi connectivity index (χ4n) is 4.74. The molecule has 0 aliphatic carbocycles. The summed E-state index contributed by atoms with van der Waals surface area (Å²) in [5.74, 6) is 1.35. The number of piperidine rings is 1. The molecular weight excluding hydrogens is 554 g/mol. The Labute approximate surface area is 244 Å². The van der Waals surface area contributed by atoms with E-state index in [-0.39, 0.29) is 12.0 Å². The van der Waals surface area contributed by atoms with Crippen molar-refractivity contribution in [2.75, 3.05) is 32.6 Å². The molecule has 4 aromatic rings. The Morgan fingerprint density at radius 3 is 2.55 bits per heavy atom. The van der Waals surface area contributed by atoms with E-state index in [1.807, 2.05) is 23.6 Å². The van der Waals surface area contributed by atoms with Gasteiger partial charge in [0.25, 0.3) is 14.9 Å². The quantitative estimate of drug-likeness (QED) is 0.273. The van der Waals surface area contributed by atoms with Gasteiger partial charge in [-0.1, -0.05) is 6.07 Å². The number of nitrogens with zero attached hydrogens (tertiary/aromatic N) is 8. The zero-order chi connectivity index (χ0) is 29.5. The lowest BCUT2D eigenvalue weighted by atomic mass is 10.1. The minimum absolute atomic E-state index is 0.0340. The van der Waals surface area contributed by atoms with Crippen LogP contribution in [0.2, 0.25) is 6.55 Å². The fourth-order valence-corrected chi connectivity index (χ4v) is 6.14. The first-order valence-corrected chi connectivity index (χ1v) is 15.9. The van der Waals surface area contributed by atoms with Crippen LogP contribution in [0, 0.1) is 11.3 Å². The Bertz CT molecular complexity index is 1550. The van der Waals surface area contributed by atoms with Crippen LogP contribution in [0.3, 0.4) is 0 Å². The molecule has 1 fully saturated rings. The number of hydrogen-bond acceptors (Lipinski definition) is 11. The predicted molar refractivity (Wildman–Crippen MR) is 156 cm³/mol. The van der Waals surface area contributed by atoms with Crippen LogP contribution in [0.25, 0.3) is 11.1 Å². The van der Waals surface area contributed by atoms with E-state index in [1.165, 1.54) is 6.33 Å². The number of anilines is 2. The Morgan fingerprint density at radius 2 is 1.88 bits per heavy atom. The second-order valence-electron chi connectivity index (χ2n) is 9.85. The van der Waals surface area contributed by atoms with E-state index in [0.29, 0.717) is 53.5 Å². The Kier molecular flexibility index (Phi) is 9.00. The van der Waals surface area contributed by atoms with Crippen molar-refractivity contribution in [2.24, 2.45) is 0 Å². The Hall–Kier alpha value is -4.87. The van der Waals surface area contributed by atoms with Gasteiger partial charge in [0.15, 0.2) is 0 Å². The highest BCUT2D eigenvalue weighted by molar-refractivity contribution is 6.49. The molecule has 1 aliphatic rings. The summed E-state index contributed by atoms with van der Waals surface area (Å²) < 4.78 is 18.8. The lowest BCUT2D eigenvalue weighted by molar-refractivity contribution is 0.0350. The van der Waals surface area contributed by atoms with E-state index in [2.05, 4.69) is 36.9 Å². The molecule has 5 rings (SSSR count). The van der Waals surface area contributed by atoms with Crippen molar-refractivity contribution in [2.45, 2.75) is 31.7 Å². The third kappa shape index (κ3) is 6.70. The third-order valence-electron chi connectivity index (χ3n) is 7.01. The summed E-state index contributed by atoms with van der Waals surface area (Å²) in [5, 5.41) is 23.9. The van der Waals surface area contributed by atoms with Crippen LogP contribution in [0.4, 0.5) is 11.6 Å². The van der Waals surface area contributed by atoms with Crippen molar-refractivity contribution in [3.63, 3.8) is 0 Å². The van der Waals surface area contributed by atoms with Crippen molar-refractivity contribution >= 4 is 26.6 Å². The van der Waals surface area contributed by atoms with Gasteiger partial charge in [-0.3, -0.25) is 4.79 Å². The maximum Gasteiger partial charge on any atom is 0.253 e. The van der Waals surface area contributed by atoms with Crippen LogP contribution in [0.15, 0.2) is 55.1 Å². The van der Waals surface area contributed by atoms with Crippen LogP contribution >= 0.6 is 0 Å². The topological polar surface area (TPSA) is 153 Å². The van der Waals surface area contributed by atoms with E-state index >= 15 is 0 Å². The fraction of sp³-hybridized carbons (Fsp3) is 0.321. The molecule has 1 aliphatic heterocycles. The SMILES string of the molecule is COc1cc(C(=O)N2CCC(OC)CC2)ccc1Nc1ncc(-c2ccc(C#N)c(O[Si@@H](C)Cn3cnnn3)c2)cn1. The maximum atomic E-state index is 13.0. The number of aromatic nitrogens is 6. The Morgan fingerprint density at radius 1 is 1.10 bits per heavy atom. The van der Waals surface area contributed by atoms with Gasteiger partial charge in [0.05, 0.1) is 30.6 Å². The number of ether oxygens (including phenoxy) is 2. The van der Waals surface area contributed by atoms with Crippen LogP contribution in [-0.4, -0.2) is 83.4 Å². The molecule has 1 atom stereocenters. The highest BCUT2D eigenvalue weighted by atomic mass is 28.3. The average Bonchev–Trinajstić information content (AvgIpc) is 3.54. The van der Waals surface area contributed by atoms with Crippen LogP contribution in [-0.2, 0) is 10.9 Å². The van der Waals surface area contributed by atoms with E-state index in [9.17, 15) is 10.1 Å². The summed E-state index contributed by atoms with van der Waals surface area (Å²) >= 11 is 0. The number of nitriles is 1. The van der Waals surface area contributed by atoms with Crippen molar-refractivity contribution in [3.05, 3.63) is 66.2 Å². The van der Waals surface area contributed by atoms with Crippen LogP contribution in [0.5, 0.6) is 11.5 Å². The van der Waals surface area contributed by atoms with E-state index in [0.717, 1.165) is 24.0 Å². The zero-order valence-electron chi connectivity index (χ0n) is 23.6. The van der Waals surface area contributed by atoms with Gasteiger partial charge < -0.3 is 24.1 Å². The summed E-state index contributed by atoms with van der Waals surface area (Å²) in [6, 6.07) is 12.9. The summed E-state index contributed by atoms with van der Waals surface area (Å²) in [4.78, 5) is 23.8. The minimum atomic E-state index is -1.77. The number of methoxy groups -OCH3 is 2. The number of benzene rings is 2. The number of carbonyl (C=O) groups excluding carboxylic acids is 1. The number of amides is 1. The van der Waals surface area contributed by atoms with Crippen LogP contribution in [0.1, 0.15) is 28.8 Å². The number of hydrogen-bond donors (Lipinski definition) is 1. The van der Waals surface area contributed by atoms with E-state index in [4.69, 9.17) is 13.9 Å². The second kappa shape index (κ2) is 13.2. The molecule has 1 amide bonds. The summed E-state index contributed by atoms with van der Waals surface area (Å²) in [7, 11) is 1.49. The van der Waals surface area contributed by atoms with E-state index in [1.54, 1.807) is 55.6 Å². The van der Waals surface area contributed by atoms with Gasteiger partial charge in [0.1, 0.15) is 23.9 Å². The standard InChI is InChI=1S/C28H31N9O4Si/c1-39-23-8-10-36(11-9-23)27(38)20-6-7-24(26(13-20)40-2)33-28-30-15-22(16-31-28)19-4-5-21(14-29)25(12-19)41-42(3)18-37-17-32-34-35-37/h4-7,12-13,15-17,23,42H,8-11,18H2,1-3H3,(H,30,31,33)/t42-/m0/s1. The van der Waals surface area contributed by atoms with Crippen LogP contribution < -0.4 is 14.5 Å². The highest BCUT2D eigenvalue weighted by Crippen LogP contribution is 2.30. The lowest BCUT2D eigenvalue weighted by Gasteiger charge is -2.31. The molecule has 0 spiro atoms. The highest BCUT2D eigenvalue weighted by Gasteiger charge is 2.24. The van der Waals surface area contributed by atoms with Crippen molar-refractivity contribution in [3.8, 4) is 28.7 Å². The summed E-state index contributed by atoms with van der Waals surface area (Å²) in [6.07, 6.45) is 7.34. The van der Waals surface area contributed by atoms with E-state index < -0.39 is 9.04 Å². The molecule has 0 bridgehead atoms. The van der Waals surface area contributed by atoms with Gasteiger partial charge in [-0.15, -0.1) is 5.10 Å². The monoisotopic (exact) mass is 585 g/mol. The van der Waals surface area contributed by atoms with Gasteiger partial charge in [0, 0.05) is 43.7 Å². The first-order chi connectivity index (χ1) is 20.5. The molecule has 0 unspecified atom stereocenters. The van der Waals surface area contributed by atoms with Gasteiger partial charge in [-0.25, -0.2) is 14.6 Å². The molecule has 13 nitrogen and oxygen atoms in total. The smallest absolute Gasteiger partial charge is 0.253 e. The molecule has 2 aromatic carbocycles. The summed E-state index contributed by atoms with van der Waals surface area (Å²) in [5.41, 5.74) is 3.21. The molecular formula is C28H31N9O4Si. The first-order valence-electron chi connectivity index (χ1n) is 13.5. The molecule has 1 saturated heterocycles. The lowest BCUT2D eigenvalue weighted by Crippen LogP contribution is -2.40. The number of nitrogens with one attached hydrogen (secondary N) is 1. The largest absolute Gasteiger partial charge is 0.544 e. The molecule has 0 saturated carbocycles. The zero-order valence-corrected chi connectivity index (χ0v) is 24.8. The molecule has 14 heteroatoms. The number of rotatable bonds is 10. The first kappa shape index (κ1) is 28.6. The molecule has 216 valence electrons. The molecule has 0 radical (unpaired) electrons. The number of likely N-dealkylation sites (tertiary alicyclic amines) is 1. The minimum Gasteiger partial charge on any atom is -0.544 e. The normalized spacial score (nSPS) is 14.2. The molecule has 42 heavy (non-hydrogen) atoms. The number of carbonyl (C=O) groups is 1. The van der Waals surface area contributed by atoms with Gasteiger partial charge in [-0.05, 0) is 65.7 Å². The van der Waals surface area contributed by atoms with Gasteiger partial charge in [0.2, 0.25) is 5.95 Å². The molecule has 2 aromatic heterocycles. The molecule has 1 N–H and O–H groups in total. The van der Waals surface area contributed by atoms with Gasteiger partial charge in [-0.2, -0.15) is 5.26 Å². The maximum absolute atomic E-state index is 13.0. The van der Waals surface area contributed by atoms with Gasteiger partial charge >= 0.3 is 0 Å². The molecule has 3 heterocycles. The predicted octanol–water partition coefficient (Wildman–Crippen LogP) is 2.98. The average molecular weight is 586 g/mol. The number of tetrazole rings is 1. The Balaban J connectivity index is 1.27. The van der Waals surface area contributed by atoms with Crippen molar-refractivity contribution < 1.29 is 18.7 Å². The summed E-state index contributed by atoms with van der Waals surface area (Å²) in [6.45, 7) is 3.34. The second-order valence-corrected chi connectivity index (χ2v) is 12.1. The van der Waals surface area contributed by atoms with Crippen molar-refractivity contribution in [1.82, 2.24) is 35.1 Å².